The van der Waals surface area contributed by atoms with Crippen LogP contribution >= 0.6 is 0 Å². The first-order chi connectivity index (χ1) is 22.5. The van der Waals surface area contributed by atoms with E-state index in [0.29, 0.717) is 0 Å². The van der Waals surface area contributed by atoms with Gasteiger partial charge in [0.25, 0.3) is 0 Å². The Hall–Kier alpha value is -5.60. The number of hydrogen-bond donors (Lipinski definition) is 0. The van der Waals surface area contributed by atoms with Gasteiger partial charge in [-0.3, -0.25) is 0 Å². The van der Waals surface area contributed by atoms with Crippen molar-refractivity contribution in [1.29, 1.82) is 0 Å². The summed E-state index contributed by atoms with van der Waals surface area (Å²) in [5, 5.41) is 7.75. The third kappa shape index (κ3) is 4.41. The summed E-state index contributed by atoms with van der Waals surface area (Å²) in [5.74, 6) is 0. The van der Waals surface area contributed by atoms with Crippen LogP contribution in [0.15, 0.2) is 146 Å². The topological polar surface area (TPSA) is 6.48 Å². The zero-order chi connectivity index (χ0) is 31.4. The summed E-state index contributed by atoms with van der Waals surface area (Å²) in [6.07, 6.45) is 0. The summed E-state index contributed by atoms with van der Waals surface area (Å²) < 4.78 is 0. The van der Waals surface area contributed by atoms with Crippen molar-refractivity contribution < 1.29 is 0 Å². The van der Waals surface area contributed by atoms with Gasteiger partial charge in [-0.2, -0.15) is 0 Å². The summed E-state index contributed by atoms with van der Waals surface area (Å²) >= 11 is 0. The van der Waals surface area contributed by atoms with Crippen molar-refractivity contribution in [3.8, 4) is 0 Å². The van der Waals surface area contributed by atoms with Crippen molar-refractivity contribution in [3.63, 3.8) is 0 Å². The summed E-state index contributed by atoms with van der Waals surface area (Å²) in [6.45, 7) is 8.92. The molecule has 0 saturated heterocycles. The van der Waals surface area contributed by atoms with E-state index in [2.05, 4.69) is 183 Å². The molecule has 0 saturated carbocycles. The van der Waals surface area contributed by atoms with Crippen LogP contribution in [-0.4, -0.2) is 0 Å². The molecule has 0 aromatic heterocycles. The Bertz CT molecular complexity index is 2190. The van der Waals surface area contributed by atoms with Gasteiger partial charge in [0.15, 0.2) is 0 Å². The number of benzene rings is 8. The molecule has 0 spiro atoms. The second-order valence-corrected chi connectivity index (χ2v) is 12.4. The molecular formula is C44H36N2. The number of nitrogens with zero attached hydrogens (tertiary/aromatic N) is 2. The molecule has 0 aliphatic rings. The van der Waals surface area contributed by atoms with Gasteiger partial charge >= 0.3 is 0 Å². The SMILES string of the molecule is Cc1ccccc1N(c1ccccc1)c1cc(C)c2ccc3c(N(c4ccccc4)c4ccccc4C)cc(C)c4ccc1c2c43. The van der Waals surface area contributed by atoms with Gasteiger partial charge in [-0.1, -0.05) is 97.1 Å². The number of hydrogen-bond acceptors (Lipinski definition) is 2. The summed E-state index contributed by atoms with van der Waals surface area (Å²) in [6, 6.07) is 53.0. The van der Waals surface area contributed by atoms with Crippen LogP contribution in [0.2, 0.25) is 0 Å². The highest BCUT2D eigenvalue weighted by molar-refractivity contribution is 6.29. The molecule has 0 atom stereocenters. The lowest BCUT2D eigenvalue weighted by Gasteiger charge is -2.31. The number of rotatable bonds is 6. The van der Waals surface area contributed by atoms with E-state index in [-0.39, 0.29) is 0 Å². The summed E-state index contributed by atoms with van der Waals surface area (Å²) in [5.41, 5.74) is 12.1. The number of para-hydroxylation sites is 4. The molecule has 8 aromatic carbocycles. The Kier molecular flexibility index (Phi) is 6.73. The van der Waals surface area contributed by atoms with Crippen LogP contribution in [0.4, 0.5) is 34.1 Å². The molecule has 8 rings (SSSR count). The first-order valence-corrected chi connectivity index (χ1v) is 16.0. The van der Waals surface area contributed by atoms with Crippen molar-refractivity contribution >= 4 is 66.4 Å². The van der Waals surface area contributed by atoms with Crippen molar-refractivity contribution in [1.82, 2.24) is 0 Å². The van der Waals surface area contributed by atoms with E-state index >= 15 is 0 Å². The van der Waals surface area contributed by atoms with E-state index in [1.807, 2.05) is 0 Å². The molecule has 0 N–H and O–H groups in total. The average molecular weight is 593 g/mol. The average Bonchev–Trinajstić information content (AvgIpc) is 3.08. The Balaban J connectivity index is 1.48. The smallest absolute Gasteiger partial charge is 0.0543 e. The van der Waals surface area contributed by atoms with Crippen molar-refractivity contribution in [2.45, 2.75) is 27.7 Å². The highest BCUT2D eigenvalue weighted by atomic mass is 15.2. The van der Waals surface area contributed by atoms with Crippen LogP contribution in [0.3, 0.4) is 0 Å². The molecule has 222 valence electrons. The normalized spacial score (nSPS) is 11.5. The molecule has 0 aliphatic carbocycles. The van der Waals surface area contributed by atoms with Crippen LogP contribution in [0.25, 0.3) is 32.3 Å². The fraction of sp³-hybridized carbons (Fsp3) is 0.0909. The van der Waals surface area contributed by atoms with E-state index in [9.17, 15) is 0 Å². The maximum atomic E-state index is 2.44. The van der Waals surface area contributed by atoms with E-state index in [0.717, 1.165) is 11.4 Å². The summed E-state index contributed by atoms with van der Waals surface area (Å²) in [4.78, 5) is 4.87. The van der Waals surface area contributed by atoms with Crippen LogP contribution < -0.4 is 9.80 Å². The van der Waals surface area contributed by atoms with Gasteiger partial charge in [-0.15, -0.1) is 0 Å². The van der Waals surface area contributed by atoms with Gasteiger partial charge in [0.2, 0.25) is 0 Å². The third-order valence-corrected chi connectivity index (χ3v) is 9.49. The van der Waals surface area contributed by atoms with Gasteiger partial charge in [0.1, 0.15) is 0 Å². The molecule has 2 heteroatoms. The minimum absolute atomic E-state index is 1.15. The van der Waals surface area contributed by atoms with Gasteiger partial charge in [0, 0.05) is 33.5 Å². The van der Waals surface area contributed by atoms with E-state index in [1.54, 1.807) is 0 Å². The monoisotopic (exact) mass is 592 g/mol. The standard InChI is InChI=1S/C44H36N2/c1-29-15-11-13-21-39(29)45(33-17-7-5-8-18-33)41-27-31(3)35-24-26-38-42(28-32(4)36-23-25-37(41)43(35)44(36)38)46(34-19-9-6-10-20-34)40-22-14-12-16-30(40)2/h5-28H,1-4H3. The van der Waals surface area contributed by atoms with Crippen molar-refractivity contribution in [3.05, 3.63) is 168 Å². The van der Waals surface area contributed by atoms with Gasteiger partial charge in [0.05, 0.1) is 11.4 Å². The van der Waals surface area contributed by atoms with Crippen molar-refractivity contribution in [2.75, 3.05) is 9.80 Å². The van der Waals surface area contributed by atoms with E-state index < -0.39 is 0 Å². The maximum absolute atomic E-state index is 2.44. The molecule has 0 radical (unpaired) electrons. The van der Waals surface area contributed by atoms with Crippen LogP contribution in [0.1, 0.15) is 22.3 Å². The van der Waals surface area contributed by atoms with Gasteiger partial charge in [-0.05, 0) is 120 Å². The predicted molar refractivity (Wildman–Crippen MR) is 198 cm³/mol. The Morgan fingerprint density at radius 2 is 0.652 bits per heavy atom. The van der Waals surface area contributed by atoms with Crippen LogP contribution in [-0.2, 0) is 0 Å². The van der Waals surface area contributed by atoms with Gasteiger partial charge < -0.3 is 9.80 Å². The molecule has 46 heavy (non-hydrogen) atoms. The Morgan fingerprint density at radius 1 is 0.304 bits per heavy atom. The van der Waals surface area contributed by atoms with E-state index in [1.165, 1.54) is 77.3 Å². The molecule has 0 aliphatic heterocycles. The van der Waals surface area contributed by atoms with Crippen LogP contribution in [0.5, 0.6) is 0 Å². The second-order valence-electron chi connectivity index (χ2n) is 12.4. The Morgan fingerprint density at radius 3 is 1.04 bits per heavy atom. The molecule has 0 bridgehead atoms. The Labute approximate surface area is 271 Å². The van der Waals surface area contributed by atoms with Gasteiger partial charge in [-0.25, -0.2) is 0 Å². The summed E-state index contributed by atoms with van der Waals surface area (Å²) in [7, 11) is 0. The first-order valence-electron chi connectivity index (χ1n) is 16.0. The fourth-order valence-corrected chi connectivity index (χ4v) is 7.27. The maximum Gasteiger partial charge on any atom is 0.0543 e. The second kappa shape index (κ2) is 11.1. The highest BCUT2D eigenvalue weighted by Crippen LogP contribution is 2.49. The lowest BCUT2D eigenvalue weighted by atomic mass is 9.88. The fourth-order valence-electron chi connectivity index (χ4n) is 7.27. The zero-order valence-electron chi connectivity index (χ0n) is 26.8. The minimum Gasteiger partial charge on any atom is -0.310 e. The molecule has 0 heterocycles. The quantitative estimate of drug-likeness (QED) is 0.177. The molecular weight excluding hydrogens is 556 g/mol. The largest absolute Gasteiger partial charge is 0.310 e. The number of aryl methyl sites for hydroxylation is 4. The lowest BCUT2D eigenvalue weighted by Crippen LogP contribution is -2.13. The number of anilines is 6. The molecule has 0 unspecified atom stereocenters. The predicted octanol–water partition coefficient (Wildman–Crippen LogP) is 12.8. The minimum atomic E-state index is 1.15. The molecule has 8 aromatic rings. The molecule has 2 nitrogen and oxygen atoms in total. The molecule has 0 fully saturated rings. The molecule has 0 amide bonds. The van der Waals surface area contributed by atoms with Crippen molar-refractivity contribution in [2.24, 2.45) is 0 Å². The lowest BCUT2D eigenvalue weighted by molar-refractivity contribution is 1.25. The third-order valence-electron chi connectivity index (χ3n) is 9.49. The first kappa shape index (κ1) is 27.9. The van der Waals surface area contributed by atoms with Crippen LogP contribution in [0, 0.1) is 27.7 Å². The van der Waals surface area contributed by atoms with E-state index in [4.69, 9.17) is 0 Å². The zero-order valence-corrected chi connectivity index (χ0v) is 26.8. The highest BCUT2D eigenvalue weighted by Gasteiger charge is 2.24.